The number of nitrogens with zero attached hydrogens (tertiary/aromatic N) is 3. The van der Waals surface area contributed by atoms with Crippen molar-refractivity contribution in [2.45, 2.75) is 67.1 Å². The second-order valence-corrected chi connectivity index (χ2v) is 11.5. The van der Waals surface area contributed by atoms with Crippen LogP contribution in [0.3, 0.4) is 0 Å². The Morgan fingerprint density at radius 3 is 1.12 bits per heavy atom. The summed E-state index contributed by atoms with van der Waals surface area (Å²) in [6.45, 7) is 20.3. The summed E-state index contributed by atoms with van der Waals surface area (Å²) >= 11 is 0. The van der Waals surface area contributed by atoms with Crippen molar-refractivity contribution in [3.63, 3.8) is 0 Å². The molecule has 1 saturated carbocycles. The standard InChI is InChI=1S/C15H27NSi.2C2H6N.U/c1-10-11(2)13(4)14(12(10)3)17(8,9)16-15(5,6)7;2*1-3-2;/h1-9H3;2*1-2H3;/q3*-1;+4. The molecule has 0 aromatic rings. The smallest absolute Gasteiger partial charge is 0.668 e. The van der Waals surface area contributed by atoms with Crippen molar-refractivity contribution >= 4 is 8.24 Å². The molecule has 1 aliphatic rings. The van der Waals surface area contributed by atoms with E-state index in [1.54, 1.807) is 33.7 Å². The van der Waals surface area contributed by atoms with Gasteiger partial charge >= 0.3 is 31.1 Å². The van der Waals surface area contributed by atoms with E-state index >= 15 is 0 Å². The Morgan fingerprint density at radius 2 is 0.917 bits per heavy atom. The van der Waals surface area contributed by atoms with E-state index in [-0.39, 0.29) is 36.7 Å². The Labute approximate surface area is 178 Å². The Morgan fingerprint density at radius 1 is 0.667 bits per heavy atom. The molecule has 0 N–H and O–H groups in total. The predicted molar refractivity (Wildman–Crippen MR) is 110 cm³/mol. The van der Waals surface area contributed by atoms with Gasteiger partial charge < -0.3 is 15.6 Å². The molecule has 3 nitrogen and oxygen atoms in total. The van der Waals surface area contributed by atoms with Crippen LogP contribution >= 0.6 is 0 Å². The minimum atomic E-state index is -1.69. The fourth-order valence-electron chi connectivity index (χ4n) is 3.03. The fourth-order valence-corrected chi connectivity index (χ4v) is 7.03. The van der Waals surface area contributed by atoms with Gasteiger partial charge in [-0.3, -0.25) is 0 Å². The van der Waals surface area contributed by atoms with E-state index in [9.17, 15) is 0 Å². The summed E-state index contributed by atoms with van der Waals surface area (Å²) in [5.41, 5.74) is 1.62. The normalized spacial score (nSPS) is 18.4. The largest absolute Gasteiger partial charge is 4.00 e. The molecule has 0 spiro atoms. The van der Waals surface area contributed by atoms with Crippen LogP contribution in [-0.4, -0.2) is 42.0 Å². The van der Waals surface area contributed by atoms with Gasteiger partial charge in [0.2, 0.25) is 0 Å². The van der Waals surface area contributed by atoms with Crippen LogP contribution in [0.25, 0.3) is 15.6 Å². The number of rotatable bonds is 2. The molecule has 24 heavy (non-hydrogen) atoms. The summed E-state index contributed by atoms with van der Waals surface area (Å²) in [5.74, 6) is 5.87. The van der Waals surface area contributed by atoms with Gasteiger partial charge in [0.05, 0.1) is 0 Å². The molecule has 5 heteroatoms. The van der Waals surface area contributed by atoms with Gasteiger partial charge in [-0.25, -0.2) is 0 Å². The van der Waals surface area contributed by atoms with Crippen molar-refractivity contribution in [1.82, 2.24) is 0 Å². The van der Waals surface area contributed by atoms with Gasteiger partial charge in [-0.15, -0.1) is 5.54 Å². The molecule has 0 aliphatic heterocycles. The molecule has 1 fully saturated rings. The van der Waals surface area contributed by atoms with Crippen LogP contribution in [0.2, 0.25) is 13.1 Å². The average Bonchev–Trinajstić information content (AvgIpc) is 2.53. The summed E-state index contributed by atoms with van der Waals surface area (Å²) in [7, 11) is 5.31. The Kier molecular flexibility index (Phi) is 16.6. The first kappa shape index (κ1) is 29.9. The van der Waals surface area contributed by atoms with Gasteiger partial charge in [0, 0.05) is 0 Å². The fraction of sp³-hybridized carbons (Fsp3) is 0.737. The predicted octanol–water partition coefficient (Wildman–Crippen LogP) is 6.11. The first-order valence-corrected chi connectivity index (χ1v) is 11.2. The second-order valence-electron chi connectivity index (χ2n) is 7.61. The number of hydrogen-bond acceptors (Lipinski definition) is 0. The van der Waals surface area contributed by atoms with E-state index in [4.69, 9.17) is 4.98 Å². The van der Waals surface area contributed by atoms with Crippen LogP contribution in [0.4, 0.5) is 0 Å². The minimum absolute atomic E-state index is 0. The third-order valence-electron chi connectivity index (χ3n) is 3.66. The van der Waals surface area contributed by atoms with Crippen LogP contribution < -0.4 is 0 Å². The molecule has 0 saturated heterocycles. The van der Waals surface area contributed by atoms with Crippen molar-refractivity contribution in [2.24, 2.45) is 0 Å². The molecule has 1 rings (SSSR count). The van der Waals surface area contributed by atoms with Crippen molar-refractivity contribution in [2.75, 3.05) is 28.2 Å². The van der Waals surface area contributed by atoms with Crippen molar-refractivity contribution < 1.29 is 31.1 Å². The summed E-state index contributed by atoms with van der Waals surface area (Å²) in [4.78, 5) is 5.13. The van der Waals surface area contributed by atoms with E-state index in [2.05, 4.69) is 72.2 Å². The Balaban J connectivity index is -0.000000550. The maximum Gasteiger partial charge on any atom is 4.00 e. The third kappa shape index (κ3) is 10.3. The first-order chi connectivity index (χ1) is 10.3. The van der Waals surface area contributed by atoms with Crippen molar-refractivity contribution in [1.29, 1.82) is 0 Å². The second kappa shape index (κ2) is 13.3. The maximum absolute atomic E-state index is 5.13. The summed E-state index contributed by atoms with van der Waals surface area (Å²) in [6.07, 6.45) is 0. The van der Waals surface area contributed by atoms with E-state index < -0.39 is 8.24 Å². The van der Waals surface area contributed by atoms with Gasteiger partial charge in [0.15, 0.2) is 0 Å². The molecule has 0 atom stereocenters. The van der Waals surface area contributed by atoms with E-state index in [0.717, 1.165) is 0 Å². The number of hydrogen-bond donors (Lipinski definition) is 0. The van der Waals surface area contributed by atoms with Crippen LogP contribution in [0.1, 0.15) is 48.5 Å². The van der Waals surface area contributed by atoms with E-state index in [0.29, 0.717) is 0 Å². The molecule has 0 aromatic heterocycles. The van der Waals surface area contributed by atoms with Crippen LogP contribution in [-0.2, 0) is 0 Å². The molecule has 0 amide bonds. The van der Waals surface area contributed by atoms with Crippen LogP contribution in [0, 0.1) is 60.3 Å². The first-order valence-electron chi connectivity index (χ1n) is 8.24. The molecule has 1 aliphatic carbocycles. The molecular formula is C19H39N3SiU+. The molecule has 5 radical (unpaired) electrons. The van der Waals surface area contributed by atoms with Gasteiger partial charge in [0.25, 0.3) is 0 Å². The minimum Gasteiger partial charge on any atom is -0.668 e. The van der Waals surface area contributed by atoms with Crippen molar-refractivity contribution in [3.8, 4) is 0 Å². The van der Waals surface area contributed by atoms with E-state index in [1.807, 2.05) is 0 Å². The Bertz CT molecular complexity index is 289. The van der Waals surface area contributed by atoms with Crippen LogP contribution in [0.15, 0.2) is 0 Å². The SMILES string of the molecule is C[C]1[C](C)[C](C)[C]([Si](C)(C)[N-]C(C)(C)C)[C]1C.C[N-]C.C[N-]C.[U+4]. The molecule has 0 unspecified atom stereocenters. The molecule has 137 valence electrons. The monoisotopic (exact) mass is 575 g/mol. The third-order valence-corrected chi connectivity index (χ3v) is 6.87. The van der Waals surface area contributed by atoms with Gasteiger partial charge in [-0.2, -0.15) is 28.2 Å². The quantitative estimate of drug-likeness (QED) is 0.357. The van der Waals surface area contributed by atoms with Gasteiger partial charge in [-0.05, 0) is 29.2 Å². The van der Waals surface area contributed by atoms with Crippen LogP contribution in [0.5, 0.6) is 0 Å². The van der Waals surface area contributed by atoms with Crippen molar-refractivity contribution in [3.05, 3.63) is 44.8 Å². The topological polar surface area (TPSA) is 42.3 Å². The van der Waals surface area contributed by atoms with Gasteiger partial charge in [-0.1, -0.05) is 69.8 Å². The average molecular weight is 576 g/mol. The zero-order chi connectivity index (χ0) is 19.0. The summed E-state index contributed by atoms with van der Waals surface area (Å²) < 4.78 is 0. The zero-order valence-corrected chi connectivity index (χ0v) is 23.5. The molecular weight excluding hydrogens is 536 g/mol. The molecule has 0 heterocycles. The maximum atomic E-state index is 5.13. The molecule has 0 aromatic carbocycles. The summed E-state index contributed by atoms with van der Waals surface area (Å²) in [5, 5.41) is 7.00. The van der Waals surface area contributed by atoms with Gasteiger partial charge in [0.1, 0.15) is 0 Å². The molecule has 0 bridgehead atoms. The van der Waals surface area contributed by atoms with E-state index in [1.165, 1.54) is 23.7 Å². The summed E-state index contributed by atoms with van der Waals surface area (Å²) in [6, 6.07) is 0. The Hall–Kier alpha value is 1.15. The zero-order valence-electron chi connectivity index (χ0n) is 18.3.